The summed E-state index contributed by atoms with van der Waals surface area (Å²) < 4.78 is 0. The minimum absolute atomic E-state index is 0.0604. The van der Waals surface area contributed by atoms with E-state index in [1.807, 2.05) is 60.7 Å². The van der Waals surface area contributed by atoms with Gasteiger partial charge in [0.15, 0.2) is 0 Å². The van der Waals surface area contributed by atoms with Gasteiger partial charge in [0.05, 0.1) is 4.92 Å². The van der Waals surface area contributed by atoms with E-state index >= 15 is 0 Å². The highest BCUT2D eigenvalue weighted by molar-refractivity contribution is 8.00. The van der Waals surface area contributed by atoms with Crippen molar-refractivity contribution in [1.29, 1.82) is 0 Å². The quantitative estimate of drug-likeness (QED) is 0.377. The molecule has 0 bridgehead atoms. The summed E-state index contributed by atoms with van der Waals surface area (Å²) in [6.07, 6.45) is 0. The van der Waals surface area contributed by atoms with E-state index in [1.54, 1.807) is 12.1 Å². The molecule has 0 aliphatic rings. The summed E-state index contributed by atoms with van der Waals surface area (Å²) in [6.45, 7) is 0. The Morgan fingerprint density at radius 3 is 2.23 bits per heavy atom. The molecule has 0 spiro atoms. The molecule has 130 valence electrons. The normalized spacial score (nSPS) is 11.5. The van der Waals surface area contributed by atoms with Gasteiger partial charge in [-0.1, -0.05) is 54.6 Å². The predicted octanol–water partition coefficient (Wildman–Crippen LogP) is 5.07. The first kappa shape index (κ1) is 17.7. The number of hydrogen-bond donors (Lipinski definition) is 1. The van der Waals surface area contributed by atoms with Gasteiger partial charge in [0.1, 0.15) is 5.25 Å². The molecule has 0 saturated heterocycles. The third-order valence-corrected chi connectivity index (χ3v) is 4.93. The average molecular weight is 364 g/mol. The highest BCUT2D eigenvalue weighted by atomic mass is 32.2. The Bertz CT molecular complexity index is 901. The van der Waals surface area contributed by atoms with E-state index in [-0.39, 0.29) is 11.6 Å². The van der Waals surface area contributed by atoms with Crippen LogP contribution in [-0.2, 0) is 4.79 Å². The van der Waals surface area contributed by atoms with Crippen molar-refractivity contribution in [3.63, 3.8) is 0 Å². The van der Waals surface area contributed by atoms with E-state index in [2.05, 4.69) is 5.32 Å². The Morgan fingerprint density at radius 1 is 0.923 bits per heavy atom. The van der Waals surface area contributed by atoms with E-state index < -0.39 is 10.2 Å². The largest absolute Gasteiger partial charge is 0.325 e. The van der Waals surface area contributed by atoms with Gasteiger partial charge in [0, 0.05) is 22.7 Å². The average Bonchev–Trinajstić information content (AvgIpc) is 2.67. The number of carbonyl (C=O) groups excluding carboxylic acids is 1. The number of benzene rings is 3. The second-order valence-corrected chi connectivity index (χ2v) is 6.70. The fourth-order valence-corrected chi connectivity index (χ4v) is 3.49. The fourth-order valence-electron chi connectivity index (χ4n) is 2.44. The van der Waals surface area contributed by atoms with Crippen LogP contribution in [0.4, 0.5) is 11.4 Å². The van der Waals surface area contributed by atoms with Crippen molar-refractivity contribution in [2.45, 2.75) is 10.1 Å². The van der Waals surface area contributed by atoms with Gasteiger partial charge in [-0.3, -0.25) is 14.9 Å². The maximum atomic E-state index is 12.9. The van der Waals surface area contributed by atoms with Crippen LogP contribution in [0.3, 0.4) is 0 Å². The lowest BCUT2D eigenvalue weighted by Gasteiger charge is -2.17. The van der Waals surface area contributed by atoms with Crippen molar-refractivity contribution < 1.29 is 9.72 Å². The maximum absolute atomic E-state index is 12.9. The number of nitro benzene ring substituents is 1. The standard InChI is InChI=1S/C20H16N2O3S/c23-20(21-16-10-7-11-17(14-16)22(24)25)19(15-8-3-1-4-9-15)26-18-12-5-2-6-13-18/h1-14,19H,(H,21,23). The van der Waals surface area contributed by atoms with E-state index in [9.17, 15) is 14.9 Å². The number of nitro groups is 1. The number of rotatable bonds is 6. The number of carbonyl (C=O) groups is 1. The molecule has 6 heteroatoms. The van der Waals surface area contributed by atoms with Crippen LogP contribution in [0.25, 0.3) is 0 Å². The van der Waals surface area contributed by atoms with Crippen LogP contribution in [0.2, 0.25) is 0 Å². The molecular weight excluding hydrogens is 348 g/mol. The minimum Gasteiger partial charge on any atom is -0.325 e. The third-order valence-electron chi connectivity index (χ3n) is 3.66. The molecule has 1 N–H and O–H groups in total. The van der Waals surface area contributed by atoms with Crippen LogP contribution in [0.15, 0.2) is 89.8 Å². The highest BCUT2D eigenvalue weighted by Gasteiger charge is 2.22. The lowest BCUT2D eigenvalue weighted by atomic mass is 10.1. The minimum atomic E-state index is -0.483. The number of non-ortho nitro benzene ring substituents is 1. The number of hydrogen-bond acceptors (Lipinski definition) is 4. The number of anilines is 1. The molecule has 0 heterocycles. The lowest BCUT2D eigenvalue weighted by Crippen LogP contribution is -2.19. The van der Waals surface area contributed by atoms with Crippen molar-refractivity contribution in [2.75, 3.05) is 5.32 Å². The Morgan fingerprint density at radius 2 is 1.58 bits per heavy atom. The Kier molecular flexibility index (Phi) is 5.66. The molecule has 5 nitrogen and oxygen atoms in total. The Labute approximate surface area is 155 Å². The molecule has 1 unspecified atom stereocenters. The first-order valence-electron chi connectivity index (χ1n) is 7.95. The molecule has 3 aromatic carbocycles. The molecule has 0 saturated carbocycles. The van der Waals surface area contributed by atoms with Gasteiger partial charge >= 0.3 is 0 Å². The number of nitrogens with zero attached hydrogens (tertiary/aromatic N) is 1. The second kappa shape index (κ2) is 8.31. The smallest absolute Gasteiger partial charge is 0.271 e. The summed E-state index contributed by atoms with van der Waals surface area (Å²) in [4.78, 5) is 24.3. The van der Waals surface area contributed by atoms with E-state index in [4.69, 9.17) is 0 Å². The number of nitrogens with one attached hydrogen (secondary N) is 1. The summed E-state index contributed by atoms with van der Waals surface area (Å²) in [5.41, 5.74) is 1.21. The van der Waals surface area contributed by atoms with Crippen molar-refractivity contribution in [1.82, 2.24) is 0 Å². The van der Waals surface area contributed by atoms with Crippen LogP contribution >= 0.6 is 11.8 Å². The number of thioether (sulfide) groups is 1. The molecule has 0 aliphatic heterocycles. The predicted molar refractivity (Wildman–Crippen MR) is 103 cm³/mol. The van der Waals surface area contributed by atoms with Crippen molar-refractivity contribution in [3.05, 3.63) is 101 Å². The van der Waals surface area contributed by atoms with Crippen molar-refractivity contribution in [2.24, 2.45) is 0 Å². The molecule has 0 aromatic heterocycles. The number of amides is 1. The molecule has 26 heavy (non-hydrogen) atoms. The van der Waals surface area contributed by atoms with Gasteiger partial charge in [-0.25, -0.2) is 0 Å². The Balaban J connectivity index is 1.85. The zero-order chi connectivity index (χ0) is 18.4. The van der Waals surface area contributed by atoms with Crippen LogP contribution < -0.4 is 5.32 Å². The topological polar surface area (TPSA) is 72.2 Å². The zero-order valence-corrected chi connectivity index (χ0v) is 14.6. The summed E-state index contributed by atoms with van der Waals surface area (Å²) in [5, 5.41) is 13.2. The maximum Gasteiger partial charge on any atom is 0.271 e. The first-order chi connectivity index (χ1) is 12.6. The first-order valence-corrected chi connectivity index (χ1v) is 8.83. The van der Waals surface area contributed by atoms with Gasteiger partial charge in [-0.05, 0) is 23.8 Å². The molecule has 1 atom stereocenters. The summed E-state index contributed by atoms with van der Waals surface area (Å²) in [5.74, 6) is -0.231. The molecule has 1 amide bonds. The molecule has 3 rings (SSSR count). The van der Waals surface area contributed by atoms with Gasteiger partial charge in [-0.2, -0.15) is 0 Å². The third kappa shape index (κ3) is 4.49. The summed E-state index contributed by atoms with van der Waals surface area (Å²) in [7, 11) is 0. The van der Waals surface area contributed by atoms with Crippen molar-refractivity contribution in [3.8, 4) is 0 Å². The molecule has 3 aromatic rings. The van der Waals surface area contributed by atoms with Crippen molar-refractivity contribution >= 4 is 29.0 Å². The molecule has 0 fully saturated rings. The highest BCUT2D eigenvalue weighted by Crippen LogP contribution is 2.36. The van der Waals surface area contributed by atoms with E-state index in [1.165, 1.54) is 23.9 Å². The van der Waals surface area contributed by atoms with Crippen LogP contribution in [0, 0.1) is 10.1 Å². The monoisotopic (exact) mass is 364 g/mol. The SMILES string of the molecule is O=C(Nc1cccc([N+](=O)[O-])c1)C(Sc1ccccc1)c1ccccc1. The molecule has 0 radical (unpaired) electrons. The van der Waals surface area contributed by atoms with E-state index in [0.29, 0.717) is 5.69 Å². The van der Waals surface area contributed by atoms with Crippen LogP contribution in [-0.4, -0.2) is 10.8 Å². The molecule has 0 aliphatic carbocycles. The van der Waals surface area contributed by atoms with E-state index in [0.717, 1.165) is 10.5 Å². The van der Waals surface area contributed by atoms with Crippen LogP contribution in [0.5, 0.6) is 0 Å². The molecular formula is C20H16N2O3S. The Hall–Kier alpha value is -3.12. The summed E-state index contributed by atoms with van der Waals surface area (Å²) >= 11 is 1.43. The second-order valence-electron chi connectivity index (χ2n) is 5.52. The zero-order valence-electron chi connectivity index (χ0n) is 13.7. The lowest BCUT2D eigenvalue weighted by molar-refractivity contribution is -0.384. The van der Waals surface area contributed by atoms with Gasteiger partial charge < -0.3 is 5.32 Å². The van der Waals surface area contributed by atoms with Gasteiger partial charge in [-0.15, -0.1) is 11.8 Å². The fraction of sp³-hybridized carbons (Fsp3) is 0.0500. The van der Waals surface area contributed by atoms with Crippen LogP contribution in [0.1, 0.15) is 10.8 Å². The summed E-state index contributed by atoms with van der Waals surface area (Å²) in [6, 6.07) is 25.0. The van der Waals surface area contributed by atoms with Gasteiger partial charge in [0.25, 0.3) is 5.69 Å². The van der Waals surface area contributed by atoms with Gasteiger partial charge in [0.2, 0.25) is 5.91 Å².